The Bertz CT molecular complexity index is 975. The van der Waals surface area contributed by atoms with E-state index in [9.17, 15) is 14.7 Å². The molecule has 0 bridgehead atoms. The molecule has 3 aliphatic rings. The van der Waals surface area contributed by atoms with E-state index in [-0.39, 0.29) is 11.5 Å². The van der Waals surface area contributed by atoms with Gasteiger partial charge in [0, 0.05) is 18.6 Å². The van der Waals surface area contributed by atoms with Gasteiger partial charge < -0.3 is 9.84 Å². The molecular weight excluding hydrogens is 316 g/mol. The van der Waals surface area contributed by atoms with Crippen molar-refractivity contribution in [1.82, 2.24) is 0 Å². The predicted molar refractivity (Wildman–Crippen MR) is 91.1 cm³/mol. The molecule has 4 heteroatoms. The normalized spacial score (nSPS) is 34.5. The molecule has 0 aliphatic heterocycles. The van der Waals surface area contributed by atoms with Crippen molar-refractivity contribution in [1.29, 1.82) is 0 Å². The summed E-state index contributed by atoms with van der Waals surface area (Å²) in [4.78, 5) is 25.5. The fourth-order valence-corrected chi connectivity index (χ4v) is 5.03. The number of ether oxygens (including phenoxy) is 1. The first-order valence-corrected chi connectivity index (χ1v) is 8.30. The van der Waals surface area contributed by atoms with E-state index in [2.05, 4.69) is 0 Å². The maximum absolute atomic E-state index is 12.9. The second-order valence-corrected chi connectivity index (χ2v) is 6.92. The molecule has 2 aromatic rings. The molecule has 0 heterocycles. The molecule has 1 saturated carbocycles. The van der Waals surface area contributed by atoms with Gasteiger partial charge in [-0.1, -0.05) is 54.6 Å². The van der Waals surface area contributed by atoms with Gasteiger partial charge in [-0.25, -0.2) is 0 Å². The first-order valence-electron chi connectivity index (χ1n) is 8.30. The van der Waals surface area contributed by atoms with Crippen LogP contribution < -0.4 is 0 Å². The second kappa shape index (κ2) is 4.54. The van der Waals surface area contributed by atoms with E-state index < -0.39 is 28.7 Å². The average Bonchev–Trinajstić information content (AvgIpc) is 2.65. The van der Waals surface area contributed by atoms with Crippen LogP contribution in [0, 0.1) is 5.92 Å². The van der Waals surface area contributed by atoms with Gasteiger partial charge in [-0.05, 0) is 22.8 Å². The maximum Gasteiger partial charge on any atom is 0.229 e. The fourth-order valence-electron chi connectivity index (χ4n) is 5.03. The molecule has 3 aliphatic carbocycles. The predicted octanol–water partition coefficient (Wildman–Crippen LogP) is 2.47. The first-order chi connectivity index (χ1) is 12.1. The van der Waals surface area contributed by atoms with E-state index in [0.717, 1.165) is 11.1 Å². The highest BCUT2D eigenvalue weighted by Gasteiger charge is 2.77. The molecule has 1 fully saturated rings. The zero-order chi connectivity index (χ0) is 17.4. The van der Waals surface area contributed by atoms with Crippen LogP contribution in [0.25, 0.3) is 6.08 Å². The first kappa shape index (κ1) is 14.8. The number of carbonyl (C=O) groups is 2. The van der Waals surface area contributed by atoms with Gasteiger partial charge in [-0.15, -0.1) is 0 Å². The van der Waals surface area contributed by atoms with Crippen LogP contribution in [0.1, 0.15) is 33.0 Å². The quantitative estimate of drug-likeness (QED) is 0.815. The number of rotatable bonds is 1. The minimum absolute atomic E-state index is 0.272. The van der Waals surface area contributed by atoms with Crippen LogP contribution in [0.5, 0.6) is 0 Å². The Kier molecular flexibility index (Phi) is 2.68. The SMILES string of the molecule is CO[C@@]12C=Cc3ccccc3[C@@H]1[C@H]1C(=O)C(=O)c3ccccc3[C@]12O. The number of methoxy groups -OCH3 is 1. The summed E-state index contributed by atoms with van der Waals surface area (Å²) >= 11 is 0. The van der Waals surface area contributed by atoms with Gasteiger partial charge in [0.1, 0.15) is 11.2 Å². The number of ketones is 2. The van der Waals surface area contributed by atoms with Gasteiger partial charge >= 0.3 is 0 Å². The zero-order valence-corrected chi connectivity index (χ0v) is 13.6. The van der Waals surface area contributed by atoms with Crippen LogP contribution in [0.4, 0.5) is 0 Å². The Morgan fingerprint density at radius 1 is 1.00 bits per heavy atom. The molecule has 0 spiro atoms. The van der Waals surface area contributed by atoms with E-state index in [1.807, 2.05) is 36.4 Å². The highest BCUT2D eigenvalue weighted by atomic mass is 16.5. The summed E-state index contributed by atoms with van der Waals surface area (Å²) < 4.78 is 5.85. The van der Waals surface area contributed by atoms with Crippen molar-refractivity contribution >= 4 is 17.6 Å². The summed E-state index contributed by atoms with van der Waals surface area (Å²) in [6.45, 7) is 0. The summed E-state index contributed by atoms with van der Waals surface area (Å²) in [5.41, 5.74) is 0.0692. The maximum atomic E-state index is 12.9. The average molecular weight is 332 g/mol. The molecule has 25 heavy (non-hydrogen) atoms. The number of aliphatic hydroxyl groups is 1. The molecule has 0 saturated heterocycles. The van der Waals surface area contributed by atoms with E-state index in [1.165, 1.54) is 0 Å². The Balaban J connectivity index is 1.83. The number of Topliss-reactive ketones (excluding diaryl/α,β-unsaturated/α-hetero) is 2. The Morgan fingerprint density at radius 3 is 2.52 bits per heavy atom. The molecule has 5 rings (SSSR count). The minimum Gasteiger partial charge on any atom is -0.381 e. The molecular formula is C21H16O4. The molecule has 1 N–H and O–H groups in total. The smallest absolute Gasteiger partial charge is 0.229 e. The van der Waals surface area contributed by atoms with Gasteiger partial charge in [0.15, 0.2) is 0 Å². The molecule has 124 valence electrons. The van der Waals surface area contributed by atoms with Crippen LogP contribution in [0.15, 0.2) is 54.6 Å². The lowest BCUT2D eigenvalue weighted by atomic mass is 9.41. The minimum atomic E-state index is -1.54. The van der Waals surface area contributed by atoms with Crippen LogP contribution in [0.3, 0.4) is 0 Å². The molecule has 0 radical (unpaired) electrons. The largest absolute Gasteiger partial charge is 0.381 e. The van der Waals surface area contributed by atoms with Crippen molar-refractivity contribution in [3.05, 3.63) is 76.9 Å². The summed E-state index contributed by atoms with van der Waals surface area (Å²) in [5, 5.41) is 11.7. The Labute approximate surface area is 144 Å². The molecule has 4 nitrogen and oxygen atoms in total. The lowest BCUT2D eigenvalue weighted by Gasteiger charge is -2.66. The number of hydrogen-bond donors (Lipinski definition) is 1. The van der Waals surface area contributed by atoms with Crippen LogP contribution in [-0.4, -0.2) is 29.4 Å². The van der Waals surface area contributed by atoms with E-state index in [0.29, 0.717) is 5.56 Å². The van der Waals surface area contributed by atoms with Crippen LogP contribution in [0.2, 0.25) is 0 Å². The van der Waals surface area contributed by atoms with Crippen molar-refractivity contribution in [2.75, 3.05) is 7.11 Å². The summed E-state index contributed by atoms with van der Waals surface area (Å²) in [7, 11) is 1.54. The highest BCUT2D eigenvalue weighted by molar-refractivity contribution is 6.46. The third kappa shape index (κ3) is 1.42. The van der Waals surface area contributed by atoms with Crippen molar-refractivity contribution in [2.24, 2.45) is 5.92 Å². The van der Waals surface area contributed by atoms with Gasteiger partial charge in [0.2, 0.25) is 11.6 Å². The standard InChI is InChI=1S/C21H16O4/c1-25-20-11-10-12-6-2-3-7-13(12)16(20)17-19(23)18(22)14-8-4-5-9-15(14)21(17,20)24/h2-11,16-17,24H,1H3/t16-,17+,20+,21+/m1/s1. The summed E-state index contributed by atoms with van der Waals surface area (Å²) in [6, 6.07) is 14.5. The Morgan fingerprint density at radius 2 is 1.72 bits per heavy atom. The molecule has 0 amide bonds. The van der Waals surface area contributed by atoms with Crippen LogP contribution in [-0.2, 0) is 15.1 Å². The topological polar surface area (TPSA) is 63.6 Å². The monoisotopic (exact) mass is 332 g/mol. The molecule has 0 aromatic heterocycles. The third-order valence-electron chi connectivity index (χ3n) is 6.11. The molecule has 2 aromatic carbocycles. The fraction of sp³-hybridized carbons (Fsp3) is 0.238. The van der Waals surface area contributed by atoms with Crippen molar-refractivity contribution in [2.45, 2.75) is 17.1 Å². The second-order valence-electron chi connectivity index (χ2n) is 6.92. The van der Waals surface area contributed by atoms with Gasteiger partial charge in [0.05, 0.1) is 5.92 Å². The van der Waals surface area contributed by atoms with E-state index >= 15 is 0 Å². The number of fused-ring (bicyclic) bond motifs is 8. The number of hydrogen-bond acceptors (Lipinski definition) is 4. The van der Waals surface area contributed by atoms with Gasteiger partial charge in [-0.2, -0.15) is 0 Å². The molecule has 4 atom stereocenters. The third-order valence-corrected chi connectivity index (χ3v) is 6.11. The highest BCUT2D eigenvalue weighted by Crippen LogP contribution is 2.68. The lowest BCUT2D eigenvalue weighted by molar-refractivity contribution is -0.267. The Hall–Kier alpha value is -2.56. The summed E-state index contributed by atoms with van der Waals surface area (Å²) in [6.07, 6.45) is 3.77. The molecule has 0 unspecified atom stereocenters. The zero-order valence-electron chi connectivity index (χ0n) is 13.6. The van der Waals surface area contributed by atoms with Gasteiger partial charge in [-0.3, -0.25) is 9.59 Å². The van der Waals surface area contributed by atoms with Crippen molar-refractivity contribution in [3.8, 4) is 0 Å². The van der Waals surface area contributed by atoms with Crippen molar-refractivity contribution < 1.29 is 19.4 Å². The van der Waals surface area contributed by atoms with E-state index in [1.54, 1.807) is 31.4 Å². The van der Waals surface area contributed by atoms with Crippen molar-refractivity contribution in [3.63, 3.8) is 0 Å². The van der Waals surface area contributed by atoms with Crippen LogP contribution >= 0.6 is 0 Å². The summed E-state index contributed by atoms with van der Waals surface area (Å²) in [5.74, 6) is -2.28. The lowest BCUT2D eigenvalue weighted by Crippen LogP contribution is -2.76. The number of carbonyl (C=O) groups excluding carboxylic acids is 2. The van der Waals surface area contributed by atoms with E-state index in [4.69, 9.17) is 4.74 Å². The van der Waals surface area contributed by atoms with Gasteiger partial charge in [0.25, 0.3) is 0 Å². The number of benzene rings is 2.